The summed E-state index contributed by atoms with van der Waals surface area (Å²) in [5.74, 6) is -0.382. The summed E-state index contributed by atoms with van der Waals surface area (Å²) in [6.45, 7) is 0. The molecule has 4 rings (SSSR count). The Labute approximate surface area is 131 Å². The summed E-state index contributed by atoms with van der Waals surface area (Å²) in [4.78, 5) is 30.0. The van der Waals surface area contributed by atoms with Crippen LogP contribution in [0.5, 0.6) is 0 Å². The number of hydrogen-bond donors (Lipinski definition) is 1. The van der Waals surface area contributed by atoms with E-state index < -0.39 is 6.03 Å². The quantitative estimate of drug-likeness (QED) is 0.584. The Kier molecular flexibility index (Phi) is 2.94. The van der Waals surface area contributed by atoms with Crippen molar-refractivity contribution in [2.24, 2.45) is 0 Å². The molecule has 6 nitrogen and oxygen atoms in total. The Morgan fingerprint density at radius 3 is 2.61 bits per heavy atom. The molecule has 1 aliphatic heterocycles. The van der Waals surface area contributed by atoms with E-state index in [4.69, 9.17) is 0 Å². The molecule has 1 N–H and O–H groups in total. The van der Waals surface area contributed by atoms with Crippen LogP contribution >= 0.6 is 0 Å². The van der Waals surface area contributed by atoms with Gasteiger partial charge in [-0.05, 0) is 30.3 Å². The number of carbonyl (C=O) groups excluding carboxylic acids is 2. The minimum Gasteiger partial charge on any atom is -0.302 e. The van der Waals surface area contributed by atoms with Gasteiger partial charge in [0.15, 0.2) is 0 Å². The minimum absolute atomic E-state index is 0.226. The van der Waals surface area contributed by atoms with Crippen LogP contribution in [0.25, 0.3) is 11.7 Å². The Bertz CT molecular complexity index is 943. The first-order valence-corrected chi connectivity index (χ1v) is 7.08. The molecule has 3 aromatic rings. The zero-order valence-electron chi connectivity index (χ0n) is 12.0. The van der Waals surface area contributed by atoms with E-state index in [0.29, 0.717) is 5.69 Å². The van der Waals surface area contributed by atoms with Gasteiger partial charge in [-0.3, -0.25) is 4.79 Å². The van der Waals surface area contributed by atoms with Gasteiger partial charge in [0, 0.05) is 6.20 Å². The van der Waals surface area contributed by atoms with Crippen molar-refractivity contribution < 1.29 is 9.59 Å². The second-order valence-corrected chi connectivity index (χ2v) is 5.08. The van der Waals surface area contributed by atoms with Gasteiger partial charge in [-0.2, -0.15) is 0 Å². The van der Waals surface area contributed by atoms with Crippen molar-refractivity contribution in [3.8, 4) is 0 Å². The first-order valence-electron chi connectivity index (χ1n) is 7.08. The van der Waals surface area contributed by atoms with E-state index in [1.54, 1.807) is 36.5 Å². The highest BCUT2D eigenvalue weighted by molar-refractivity contribution is 6.28. The molecule has 0 spiro atoms. The topological polar surface area (TPSA) is 66.7 Å². The van der Waals surface area contributed by atoms with Crippen LogP contribution in [-0.2, 0) is 4.79 Å². The number of imidazole rings is 1. The predicted octanol–water partition coefficient (Wildman–Crippen LogP) is 2.43. The van der Waals surface area contributed by atoms with E-state index in [1.807, 2.05) is 34.9 Å². The molecular weight excluding hydrogens is 292 g/mol. The SMILES string of the molecule is O=C1N/C(=C\c2cnc3ccccn23)C(=O)N1c1ccccc1. The number of para-hydroxylation sites is 1. The Morgan fingerprint density at radius 2 is 1.78 bits per heavy atom. The van der Waals surface area contributed by atoms with E-state index in [1.165, 1.54) is 0 Å². The number of nitrogens with one attached hydrogen (secondary N) is 1. The summed E-state index contributed by atoms with van der Waals surface area (Å²) >= 11 is 0. The molecule has 3 amide bonds. The van der Waals surface area contributed by atoms with Crippen LogP contribution < -0.4 is 10.2 Å². The van der Waals surface area contributed by atoms with Crippen LogP contribution in [0.15, 0.2) is 66.6 Å². The molecule has 3 heterocycles. The van der Waals surface area contributed by atoms with Crippen LogP contribution in [0.2, 0.25) is 0 Å². The average Bonchev–Trinajstić information content (AvgIpc) is 3.10. The van der Waals surface area contributed by atoms with Gasteiger partial charge in [0.2, 0.25) is 0 Å². The van der Waals surface area contributed by atoms with E-state index in [2.05, 4.69) is 10.3 Å². The third kappa shape index (κ3) is 2.17. The maximum absolute atomic E-state index is 12.5. The van der Waals surface area contributed by atoms with Crippen molar-refractivity contribution in [1.29, 1.82) is 0 Å². The highest BCUT2D eigenvalue weighted by atomic mass is 16.2. The van der Waals surface area contributed by atoms with Gasteiger partial charge < -0.3 is 9.72 Å². The lowest BCUT2D eigenvalue weighted by Crippen LogP contribution is -2.30. The number of carbonyl (C=O) groups is 2. The van der Waals surface area contributed by atoms with Gasteiger partial charge in [0.05, 0.1) is 17.6 Å². The maximum Gasteiger partial charge on any atom is 0.333 e. The van der Waals surface area contributed by atoms with Gasteiger partial charge >= 0.3 is 6.03 Å². The van der Waals surface area contributed by atoms with Crippen molar-refractivity contribution in [2.45, 2.75) is 0 Å². The number of imide groups is 1. The Hall–Kier alpha value is -3.41. The number of pyridine rings is 1. The fraction of sp³-hybridized carbons (Fsp3) is 0. The van der Waals surface area contributed by atoms with Crippen molar-refractivity contribution in [1.82, 2.24) is 14.7 Å². The van der Waals surface area contributed by atoms with Crippen LogP contribution in [0, 0.1) is 0 Å². The number of hydrogen-bond acceptors (Lipinski definition) is 3. The van der Waals surface area contributed by atoms with Crippen molar-refractivity contribution in [3.63, 3.8) is 0 Å². The molecule has 23 heavy (non-hydrogen) atoms. The number of aromatic nitrogens is 2. The number of amides is 3. The van der Waals surface area contributed by atoms with Crippen LogP contribution in [-0.4, -0.2) is 21.3 Å². The third-order valence-electron chi connectivity index (χ3n) is 3.63. The molecule has 6 heteroatoms. The zero-order valence-corrected chi connectivity index (χ0v) is 12.0. The fourth-order valence-corrected chi connectivity index (χ4v) is 2.55. The summed E-state index contributed by atoms with van der Waals surface area (Å²) in [6.07, 6.45) is 5.14. The normalized spacial score (nSPS) is 16.3. The fourth-order valence-electron chi connectivity index (χ4n) is 2.55. The van der Waals surface area contributed by atoms with E-state index in [-0.39, 0.29) is 11.6 Å². The molecule has 112 valence electrons. The lowest BCUT2D eigenvalue weighted by Gasteiger charge is -2.10. The molecule has 0 atom stereocenters. The van der Waals surface area contributed by atoms with Gasteiger partial charge in [-0.25, -0.2) is 14.7 Å². The maximum atomic E-state index is 12.5. The number of fused-ring (bicyclic) bond motifs is 1. The second kappa shape index (κ2) is 5.10. The molecule has 2 aromatic heterocycles. The Balaban J connectivity index is 1.73. The molecule has 1 aliphatic rings. The van der Waals surface area contributed by atoms with Crippen molar-refractivity contribution in [3.05, 3.63) is 72.3 Å². The summed E-state index contributed by atoms with van der Waals surface area (Å²) in [6, 6.07) is 14.0. The Morgan fingerprint density at radius 1 is 1.00 bits per heavy atom. The van der Waals surface area contributed by atoms with Crippen LogP contribution in [0.1, 0.15) is 5.69 Å². The van der Waals surface area contributed by atoms with Crippen LogP contribution in [0.3, 0.4) is 0 Å². The lowest BCUT2D eigenvalue weighted by molar-refractivity contribution is -0.113. The number of rotatable bonds is 2. The summed E-state index contributed by atoms with van der Waals surface area (Å²) in [5, 5.41) is 2.61. The number of urea groups is 1. The minimum atomic E-state index is -0.457. The zero-order chi connectivity index (χ0) is 15.8. The molecule has 1 aromatic carbocycles. The standard InChI is InChI=1S/C17H12N4O2/c22-16-14(10-13-11-18-15-8-4-5-9-20(13)15)19-17(23)21(16)12-6-2-1-3-7-12/h1-11H,(H,19,23)/b14-10-. The number of nitrogens with zero attached hydrogens (tertiary/aromatic N) is 3. The molecule has 1 fully saturated rings. The van der Waals surface area contributed by atoms with E-state index in [0.717, 1.165) is 16.2 Å². The van der Waals surface area contributed by atoms with Gasteiger partial charge in [0.1, 0.15) is 11.3 Å². The summed E-state index contributed by atoms with van der Waals surface area (Å²) < 4.78 is 1.84. The van der Waals surface area contributed by atoms with Gasteiger partial charge in [-0.15, -0.1) is 0 Å². The monoisotopic (exact) mass is 304 g/mol. The van der Waals surface area contributed by atoms with Crippen molar-refractivity contribution in [2.75, 3.05) is 4.90 Å². The second-order valence-electron chi connectivity index (χ2n) is 5.08. The largest absolute Gasteiger partial charge is 0.333 e. The third-order valence-corrected chi connectivity index (χ3v) is 3.63. The summed E-state index contributed by atoms with van der Waals surface area (Å²) in [5.41, 5.74) is 2.26. The molecule has 0 unspecified atom stereocenters. The van der Waals surface area contributed by atoms with Crippen LogP contribution in [0.4, 0.5) is 10.5 Å². The molecule has 0 aliphatic carbocycles. The predicted molar refractivity (Wildman–Crippen MR) is 85.6 cm³/mol. The van der Waals surface area contributed by atoms with E-state index in [9.17, 15) is 9.59 Å². The molecule has 0 bridgehead atoms. The van der Waals surface area contributed by atoms with Gasteiger partial charge in [0.25, 0.3) is 5.91 Å². The first kappa shape index (κ1) is 13.3. The molecule has 1 saturated heterocycles. The highest BCUT2D eigenvalue weighted by Crippen LogP contribution is 2.22. The van der Waals surface area contributed by atoms with Gasteiger partial charge in [-0.1, -0.05) is 24.3 Å². The number of benzene rings is 1. The molecule has 0 radical (unpaired) electrons. The highest BCUT2D eigenvalue weighted by Gasteiger charge is 2.34. The molecular formula is C17H12N4O2. The molecule has 0 saturated carbocycles. The van der Waals surface area contributed by atoms with Crippen molar-refractivity contribution >= 4 is 29.3 Å². The smallest absolute Gasteiger partial charge is 0.302 e. The van der Waals surface area contributed by atoms with E-state index >= 15 is 0 Å². The summed E-state index contributed by atoms with van der Waals surface area (Å²) in [7, 11) is 0. The lowest BCUT2D eigenvalue weighted by atomic mass is 10.3. The number of anilines is 1. The average molecular weight is 304 g/mol. The first-order chi connectivity index (χ1) is 11.2.